The molecule has 2 aromatic rings. The lowest BCUT2D eigenvalue weighted by Gasteiger charge is -2.15. The van der Waals surface area contributed by atoms with Crippen LogP contribution in [0.2, 0.25) is 5.02 Å². The van der Waals surface area contributed by atoms with Crippen molar-refractivity contribution in [2.45, 2.75) is 13.0 Å². The van der Waals surface area contributed by atoms with Gasteiger partial charge in [-0.25, -0.2) is 0 Å². The highest BCUT2D eigenvalue weighted by atomic mass is 35.5. The van der Waals surface area contributed by atoms with E-state index in [2.05, 4.69) is 35.5 Å². The molecule has 18 heavy (non-hydrogen) atoms. The molecule has 4 heteroatoms. The molecule has 0 spiro atoms. The van der Waals surface area contributed by atoms with Gasteiger partial charge in [-0.05, 0) is 39.7 Å². The van der Waals surface area contributed by atoms with Crippen molar-refractivity contribution in [2.24, 2.45) is 0 Å². The standard InChI is InChI=1S/C14H19ClN2S/c1-16-8-5-9-17(2)10-13-14(15)11-6-3-4-7-12(11)18-13/h3-4,6-7,16H,5,8-10H2,1-2H3. The van der Waals surface area contributed by atoms with Crippen molar-refractivity contribution in [3.05, 3.63) is 34.2 Å². The molecular formula is C14H19ClN2S. The maximum atomic E-state index is 6.43. The summed E-state index contributed by atoms with van der Waals surface area (Å²) >= 11 is 8.24. The molecule has 2 rings (SSSR count). The van der Waals surface area contributed by atoms with Crippen LogP contribution in [-0.4, -0.2) is 32.1 Å². The van der Waals surface area contributed by atoms with E-state index in [-0.39, 0.29) is 0 Å². The van der Waals surface area contributed by atoms with Crippen molar-refractivity contribution in [1.82, 2.24) is 10.2 Å². The van der Waals surface area contributed by atoms with Gasteiger partial charge in [-0.1, -0.05) is 29.8 Å². The Morgan fingerprint density at radius 1 is 1.33 bits per heavy atom. The fraction of sp³-hybridized carbons (Fsp3) is 0.429. The second-order valence-corrected chi connectivity index (χ2v) is 6.04. The molecule has 0 saturated carbocycles. The summed E-state index contributed by atoms with van der Waals surface area (Å²) in [5, 5.41) is 5.28. The third-order valence-electron chi connectivity index (χ3n) is 2.98. The van der Waals surface area contributed by atoms with Gasteiger partial charge < -0.3 is 10.2 Å². The van der Waals surface area contributed by atoms with Crippen LogP contribution in [0.1, 0.15) is 11.3 Å². The summed E-state index contributed by atoms with van der Waals surface area (Å²) < 4.78 is 1.28. The fourth-order valence-electron chi connectivity index (χ4n) is 2.02. The number of thiophene rings is 1. The zero-order valence-electron chi connectivity index (χ0n) is 10.9. The van der Waals surface area contributed by atoms with Crippen LogP contribution in [0, 0.1) is 0 Å². The smallest absolute Gasteiger partial charge is 0.0637 e. The molecule has 0 amide bonds. The Hall–Kier alpha value is -0.610. The average Bonchev–Trinajstić information content (AvgIpc) is 2.67. The molecule has 0 saturated heterocycles. The van der Waals surface area contributed by atoms with E-state index in [1.807, 2.05) is 13.1 Å². The minimum Gasteiger partial charge on any atom is -0.320 e. The summed E-state index contributed by atoms with van der Waals surface area (Å²) in [5.74, 6) is 0. The lowest BCUT2D eigenvalue weighted by molar-refractivity contribution is 0.324. The van der Waals surface area contributed by atoms with Crippen LogP contribution in [0.5, 0.6) is 0 Å². The van der Waals surface area contributed by atoms with E-state index in [1.165, 1.54) is 15.0 Å². The van der Waals surface area contributed by atoms with E-state index in [1.54, 1.807) is 11.3 Å². The van der Waals surface area contributed by atoms with E-state index < -0.39 is 0 Å². The van der Waals surface area contributed by atoms with Crippen LogP contribution >= 0.6 is 22.9 Å². The number of hydrogen-bond donors (Lipinski definition) is 1. The van der Waals surface area contributed by atoms with Gasteiger partial charge in [0.2, 0.25) is 0 Å². The maximum Gasteiger partial charge on any atom is 0.0637 e. The molecule has 0 fully saturated rings. The van der Waals surface area contributed by atoms with Crippen LogP contribution in [0.4, 0.5) is 0 Å². The van der Waals surface area contributed by atoms with Crippen LogP contribution < -0.4 is 5.32 Å². The molecule has 0 aliphatic rings. The Bertz CT molecular complexity index is 509. The van der Waals surface area contributed by atoms with Gasteiger partial charge in [-0.15, -0.1) is 11.3 Å². The van der Waals surface area contributed by atoms with Crippen molar-refractivity contribution < 1.29 is 0 Å². The largest absolute Gasteiger partial charge is 0.320 e. The van der Waals surface area contributed by atoms with Crippen molar-refractivity contribution in [1.29, 1.82) is 0 Å². The zero-order chi connectivity index (χ0) is 13.0. The van der Waals surface area contributed by atoms with Gasteiger partial charge in [0.1, 0.15) is 0 Å². The topological polar surface area (TPSA) is 15.3 Å². The van der Waals surface area contributed by atoms with Crippen molar-refractivity contribution in [3.8, 4) is 0 Å². The van der Waals surface area contributed by atoms with Crippen LogP contribution in [-0.2, 0) is 6.54 Å². The predicted octanol–water partition coefficient (Wildman–Crippen LogP) is 3.60. The Kier molecular flexibility index (Phi) is 5.01. The average molecular weight is 283 g/mol. The lowest BCUT2D eigenvalue weighted by Crippen LogP contribution is -2.22. The molecule has 0 radical (unpaired) electrons. The number of fused-ring (bicyclic) bond motifs is 1. The number of halogens is 1. The minimum absolute atomic E-state index is 0.927. The van der Waals surface area contributed by atoms with Gasteiger partial charge >= 0.3 is 0 Å². The maximum absolute atomic E-state index is 6.43. The lowest BCUT2D eigenvalue weighted by atomic mass is 10.2. The highest BCUT2D eigenvalue weighted by molar-refractivity contribution is 7.19. The highest BCUT2D eigenvalue weighted by Gasteiger charge is 2.11. The quantitative estimate of drug-likeness (QED) is 0.815. The first-order valence-corrected chi connectivity index (χ1v) is 7.41. The molecule has 0 aliphatic heterocycles. The first-order chi connectivity index (χ1) is 8.72. The molecule has 1 aromatic carbocycles. The van der Waals surface area contributed by atoms with Crippen molar-refractivity contribution >= 4 is 33.0 Å². The van der Waals surface area contributed by atoms with E-state index >= 15 is 0 Å². The summed E-state index contributed by atoms with van der Waals surface area (Å²) in [6, 6.07) is 8.34. The Balaban J connectivity index is 2.05. The molecule has 0 bridgehead atoms. The Morgan fingerprint density at radius 3 is 2.83 bits per heavy atom. The predicted molar refractivity (Wildman–Crippen MR) is 81.7 cm³/mol. The van der Waals surface area contributed by atoms with Gasteiger partial charge in [-0.3, -0.25) is 0 Å². The summed E-state index contributed by atoms with van der Waals surface area (Å²) in [6.45, 7) is 3.08. The highest BCUT2D eigenvalue weighted by Crippen LogP contribution is 2.35. The number of hydrogen-bond acceptors (Lipinski definition) is 3. The number of nitrogens with one attached hydrogen (secondary N) is 1. The second kappa shape index (κ2) is 6.53. The normalized spacial score (nSPS) is 11.6. The molecule has 2 nitrogen and oxygen atoms in total. The van der Waals surface area contributed by atoms with Gasteiger partial charge in [-0.2, -0.15) is 0 Å². The van der Waals surface area contributed by atoms with Crippen molar-refractivity contribution in [2.75, 3.05) is 27.2 Å². The Labute approximate surface area is 118 Å². The first-order valence-electron chi connectivity index (χ1n) is 6.21. The number of rotatable bonds is 6. The van der Waals surface area contributed by atoms with E-state index in [0.29, 0.717) is 0 Å². The SMILES string of the molecule is CNCCCN(C)Cc1sc2ccccc2c1Cl. The molecule has 98 valence electrons. The van der Waals surface area contributed by atoms with Crippen LogP contribution in [0.15, 0.2) is 24.3 Å². The number of nitrogens with zero attached hydrogens (tertiary/aromatic N) is 1. The molecule has 1 aromatic heterocycles. The monoisotopic (exact) mass is 282 g/mol. The molecule has 0 unspecified atom stereocenters. The van der Waals surface area contributed by atoms with Crippen molar-refractivity contribution in [3.63, 3.8) is 0 Å². The summed E-state index contributed by atoms with van der Waals surface area (Å²) in [4.78, 5) is 3.60. The summed E-state index contributed by atoms with van der Waals surface area (Å²) in [7, 11) is 4.14. The fourth-order valence-corrected chi connectivity index (χ4v) is 3.59. The van der Waals surface area contributed by atoms with Crippen LogP contribution in [0.25, 0.3) is 10.1 Å². The molecule has 1 heterocycles. The zero-order valence-corrected chi connectivity index (χ0v) is 12.4. The molecule has 0 aliphatic carbocycles. The number of benzene rings is 1. The third-order valence-corrected chi connectivity index (χ3v) is 4.68. The first kappa shape index (κ1) is 13.8. The van der Waals surface area contributed by atoms with E-state index in [4.69, 9.17) is 11.6 Å². The van der Waals surface area contributed by atoms with Crippen LogP contribution in [0.3, 0.4) is 0 Å². The van der Waals surface area contributed by atoms with Gasteiger partial charge in [0, 0.05) is 21.5 Å². The summed E-state index contributed by atoms with van der Waals surface area (Å²) in [6.07, 6.45) is 1.16. The van der Waals surface area contributed by atoms with Gasteiger partial charge in [0.25, 0.3) is 0 Å². The minimum atomic E-state index is 0.927. The molecular weight excluding hydrogens is 264 g/mol. The van der Waals surface area contributed by atoms with Gasteiger partial charge in [0.15, 0.2) is 0 Å². The van der Waals surface area contributed by atoms with E-state index in [9.17, 15) is 0 Å². The Morgan fingerprint density at radius 2 is 2.11 bits per heavy atom. The molecule has 1 N–H and O–H groups in total. The van der Waals surface area contributed by atoms with E-state index in [0.717, 1.165) is 31.1 Å². The summed E-state index contributed by atoms with van der Waals surface area (Å²) in [5.41, 5.74) is 0. The second-order valence-electron chi connectivity index (χ2n) is 4.53. The molecule has 0 atom stereocenters. The third kappa shape index (κ3) is 3.23. The van der Waals surface area contributed by atoms with Gasteiger partial charge in [0.05, 0.1) is 5.02 Å².